The molecule has 0 fully saturated rings. The van der Waals surface area contributed by atoms with E-state index in [1.807, 2.05) is 0 Å². The van der Waals surface area contributed by atoms with Crippen molar-refractivity contribution in [3.05, 3.63) is 71.8 Å². The molecular weight excluding hydrogens is 438 g/mol. The molecule has 0 aliphatic rings. The quantitative estimate of drug-likeness (QED) is 0.554. The average Bonchev–Trinajstić information content (AvgIpc) is 2.66. The van der Waals surface area contributed by atoms with Crippen LogP contribution in [0.15, 0.2) is 66.1 Å². The van der Waals surface area contributed by atoms with Gasteiger partial charge >= 0.3 is 0 Å². The molecule has 0 aromatic heterocycles. The van der Waals surface area contributed by atoms with Crippen molar-refractivity contribution in [2.75, 3.05) is 23.1 Å². The van der Waals surface area contributed by atoms with E-state index in [-0.39, 0.29) is 34.3 Å². The van der Waals surface area contributed by atoms with Gasteiger partial charge < -0.3 is 5.32 Å². The molecule has 0 bridgehead atoms. The van der Waals surface area contributed by atoms with Gasteiger partial charge in [0.2, 0.25) is 10.0 Å². The Bertz CT molecular complexity index is 1120. The number of para-hydroxylation sites is 1. The zero-order valence-corrected chi connectivity index (χ0v) is 17.7. The third kappa shape index (κ3) is 6.04. The molecule has 0 unspecified atom stereocenters. The lowest BCUT2D eigenvalue weighted by Crippen LogP contribution is -2.33. The summed E-state index contributed by atoms with van der Waals surface area (Å²) >= 11 is 6.16. The SMILES string of the molecule is C=CCN(c1ccccc1Cl)S(=O)(=O)c1cccc(C(=O)NCCS(N)(=O)=O)c1. The first-order chi connectivity index (χ1) is 13.6. The van der Waals surface area contributed by atoms with Crippen molar-refractivity contribution < 1.29 is 21.6 Å². The number of hydrogen-bond acceptors (Lipinski definition) is 5. The number of primary sulfonamides is 1. The zero-order valence-electron chi connectivity index (χ0n) is 15.3. The van der Waals surface area contributed by atoms with Crippen LogP contribution in [0.2, 0.25) is 5.02 Å². The predicted molar refractivity (Wildman–Crippen MR) is 113 cm³/mol. The molecule has 29 heavy (non-hydrogen) atoms. The van der Waals surface area contributed by atoms with Crippen LogP contribution in [0.3, 0.4) is 0 Å². The Kier molecular flexibility index (Phi) is 7.42. The van der Waals surface area contributed by atoms with Crippen molar-refractivity contribution in [1.29, 1.82) is 0 Å². The fourth-order valence-corrected chi connectivity index (χ4v) is 4.61. The molecule has 3 N–H and O–H groups in total. The first kappa shape index (κ1) is 22.9. The Labute approximate surface area is 175 Å². The zero-order chi connectivity index (χ0) is 21.7. The summed E-state index contributed by atoms with van der Waals surface area (Å²) in [5.41, 5.74) is 0.329. The second-order valence-corrected chi connectivity index (χ2v) is 9.93. The van der Waals surface area contributed by atoms with Crippen molar-refractivity contribution in [1.82, 2.24) is 5.32 Å². The third-order valence-electron chi connectivity index (χ3n) is 3.77. The van der Waals surface area contributed by atoms with Crippen molar-refractivity contribution in [2.45, 2.75) is 4.90 Å². The minimum atomic E-state index is -4.06. The fourth-order valence-electron chi connectivity index (χ4n) is 2.43. The Morgan fingerprint density at radius 3 is 2.45 bits per heavy atom. The van der Waals surface area contributed by atoms with Gasteiger partial charge in [-0.2, -0.15) is 0 Å². The van der Waals surface area contributed by atoms with Gasteiger partial charge in [-0.3, -0.25) is 9.10 Å². The number of sulfonamides is 2. The Morgan fingerprint density at radius 2 is 1.83 bits per heavy atom. The predicted octanol–water partition coefficient (Wildman–Crippen LogP) is 1.74. The van der Waals surface area contributed by atoms with Crippen LogP contribution in [-0.4, -0.2) is 41.6 Å². The maximum Gasteiger partial charge on any atom is 0.264 e. The Hall–Kier alpha value is -2.40. The van der Waals surface area contributed by atoms with E-state index in [1.165, 1.54) is 30.3 Å². The van der Waals surface area contributed by atoms with Gasteiger partial charge in [0.15, 0.2) is 0 Å². The maximum atomic E-state index is 13.2. The van der Waals surface area contributed by atoms with E-state index in [1.54, 1.807) is 24.3 Å². The summed E-state index contributed by atoms with van der Waals surface area (Å²) in [6.07, 6.45) is 1.42. The normalized spacial score (nSPS) is 11.7. The molecular formula is C18H20ClN3O5S2. The molecule has 0 radical (unpaired) electrons. The van der Waals surface area contributed by atoms with Crippen molar-refractivity contribution >= 4 is 43.2 Å². The lowest BCUT2D eigenvalue weighted by atomic mass is 10.2. The van der Waals surface area contributed by atoms with Crippen LogP contribution in [0.5, 0.6) is 0 Å². The number of hydrogen-bond donors (Lipinski definition) is 2. The standard InChI is InChI=1S/C18H20ClN3O5S2/c1-2-11-22(17-9-4-3-8-16(17)19)29(26,27)15-7-5-6-14(13-15)18(23)21-10-12-28(20,24)25/h2-9,13H,1,10-12H2,(H,21,23)(H2,20,24,25). The van der Waals surface area contributed by atoms with Gasteiger partial charge in [-0.05, 0) is 30.3 Å². The van der Waals surface area contributed by atoms with Crippen LogP contribution in [0.4, 0.5) is 5.69 Å². The van der Waals surface area contributed by atoms with Crippen LogP contribution < -0.4 is 14.8 Å². The van der Waals surface area contributed by atoms with E-state index < -0.39 is 31.7 Å². The number of nitrogens with one attached hydrogen (secondary N) is 1. The molecule has 0 saturated carbocycles. The average molecular weight is 458 g/mol. The third-order valence-corrected chi connectivity index (χ3v) is 6.64. The summed E-state index contributed by atoms with van der Waals surface area (Å²) in [4.78, 5) is 12.1. The first-order valence-corrected chi connectivity index (χ1v) is 11.9. The molecule has 11 heteroatoms. The number of anilines is 1. The maximum absolute atomic E-state index is 13.2. The minimum absolute atomic E-state index is 0.0309. The topological polar surface area (TPSA) is 127 Å². The van der Waals surface area contributed by atoms with Gasteiger partial charge in [0, 0.05) is 12.1 Å². The second-order valence-electron chi connectivity index (χ2n) is 5.93. The molecule has 0 aliphatic carbocycles. The number of benzene rings is 2. The molecule has 0 aliphatic heterocycles. The van der Waals surface area contributed by atoms with E-state index in [0.717, 1.165) is 4.31 Å². The monoisotopic (exact) mass is 457 g/mol. The number of rotatable bonds is 9. The number of halogens is 1. The van der Waals surface area contributed by atoms with E-state index in [4.69, 9.17) is 16.7 Å². The number of carbonyl (C=O) groups excluding carboxylic acids is 1. The number of nitrogens with two attached hydrogens (primary N) is 1. The molecule has 2 rings (SSSR count). The second kappa shape index (κ2) is 9.40. The molecule has 156 valence electrons. The van der Waals surface area contributed by atoms with Crippen molar-refractivity contribution in [2.24, 2.45) is 5.14 Å². The highest BCUT2D eigenvalue weighted by Gasteiger charge is 2.26. The number of nitrogens with zero attached hydrogens (tertiary/aromatic N) is 1. The molecule has 0 saturated heterocycles. The Balaban J connectivity index is 2.34. The molecule has 0 atom stereocenters. The number of amides is 1. The summed E-state index contributed by atoms with van der Waals surface area (Å²) in [5.74, 6) is -1.06. The highest BCUT2D eigenvalue weighted by Crippen LogP contribution is 2.30. The molecule has 0 heterocycles. The molecule has 2 aromatic rings. The van der Waals surface area contributed by atoms with Crippen LogP contribution >= 0.6 is 11.6 Å². The van der Waals surface area contributed by atoms with E-state index in [9.17, 15) is 21.6 Å². The summed E-state index contributed by atoms with van der Waals surface area (Å²) in [6, 6.07) is 11.8. The molecule has 0 spiro atoms. The number of carbonyl (C=O) groups is 1. The van der Waals surface area contributed by atoms with Gasteiger partial charge in [-0.1, -0.05) is 35.9 Å². The highest BCUT2D eigenvalue weighted by molar-refractivity contribution is 7.92. The minimum Gasteiger partial charge on any atom is -0.351 e. The summed E-state index contributed by atoms with van der Waals surface area (Å²) in [6.45, 7) is 3.36. The van der Waals surface area contributed by atoms with Crippen molar-refractivity contribution in [3.63, 3.8) is 0 Å². The summed E-state index contributed by atoms with van der Waals surface area (Å²) < 4.78 is 49.4. The van der Waals surface area contributed by atoms with Crippen molar-refractivity contribution in [3.8, 4) is 0 Å². The van der Waals surface area contributed by atoms with Gasteiger partial charge in [0.1, 0.15) is 0 Å². The van der Waals surface area contributed by atoms with Crippen LogP contribution in [0.1, 0.15) is 10.4 Å². The summed E-state index contributed by atoms with van der Waals surface area (Å²) in [7, 11) is -7.78. The smallest absolute Gasteiger partial charge is 0.264 e. The summed E-state index contributed by atoms with van der Waals surface area (Å²) in [5, 5.41) is 7.52. The van der Waals surface area contributed by atoms with Crippen LogP contribution in [0, 0.1) is 0 Å². The van der Waals surface area contributed by atoms with Gasteiger partial charge in [0.05, 0.1) is 27.9 Å². The highest BCUT2D eigenvalue weighted by atomic mass is 35.5. The molecule has 1 amide bonds. The van der Waals surface area contributed by atoms with E-state index in [2.05, 4.69) is 11.9 Å². The van der Waals surface area contributed by atoms with E-state index >= 15 is 0 Å². The first-order valence-electron chi connectivity index (χ1n) is 8.33. The van der Waals surface area contributed by atoms with Crippen LogP contribution in [-0.2, 0) is 20.0 Å². The van der Waals surface area contributed by atoms with Crippen LogP contribution in [0.25, 0.3) is 0 Å². The van der Waals surface area contributed by atoms with E-state index in [0.29, 0.717) is 0 Å². The lowest BCUT2D eigenvalue weighted by Gasteiger charge is -2.24. The lowest BCUT2D eigenvalue weighted by molar-refractivity contribution is 0.0956. The largest absolute Gasteiger partial charge is 0.351 e. The fraction of sp³-hybridized carbons (Fsp3) is 0.167. The molecule has 2 aromatic carbocycles. The Morgan fingerprint density at radius 1 is 1.14 bits per heavy atom. The van der Waals surface area contributed by atoms with Gasteiger partial charge in [0.25, 0.3) is 15.9 Å². The van der Waals surface area contributed by atoms with Gasteiger partial charge in [-0.25, -0.2) is 22.0 Å². The van der Waals surface area contributed by atoms with Gasteiger partial charge in [-0.15, -0.1) is 6.58 Å². The molecule has 8 nitrogen and oxygen atoms in total.